The van der Waals surface area contributed by atoms with Crippen LogP contribution >= 0.6 is 23.1 Å². The standard InChI is InChI=1S/C5H7ClN2S/c1-3(7)4-2-5(6)8-9-4/h2-3H,7H2,1H3. The molecule has 0 aromatic carbocycles. The summed E-state index contributed by atoms with van der Waals surface area (Å²) in [4.78, 5) is 1.03. The van der Waals surface area contributed by atoms with E-state index < -0.39 is 0 Å². The number of hydrogen-bond acceptors (Lipinski definition) is 3. The van der Waals surface area contributed by atoms with Gasteiger partial charge in [0.1, 0.15) is 5.15 Å². The van der Waals surface area contributed by atoms with E-state index in [1.54, 1.807) is 6.07 Å². The first-order valence-electron chi connectivity index (χ1n) is 2.58. The Morgan fingerprint density at radius 1 is 1.89 bits per heavy atom. The molecule has 2 nitrogen and oxygen atoms in total. The average molecular weight is 163 g/mol. The average Bonchev–Trinajstić information content (AvgIpc) is 2.14. The topological polar surface area (TPSA) is 38.9 Å². The molecule has 0 saturated carbocycles. The zero-order chi connectivity index (χ0) is 6.85. The maximum Gasteiger partial charge on any atom is 0.143 e. The van der Waals surface area contributed by atoms with Gasteiger partial charge >= 0.3 is 0 Å². The molecule has 1 unspecified atom stereocenters. The number of nitrogens with two attached hydrogens (primary N) is 1. The molecule has 0 radical (unpaired) electrons. The van der Waals surface area contributed by atoms with Gasteiger partial charge in [0.25, 0.3) is 0 Å². The molecule has 50 valence electrons. The first-order chi connectivity index (χ1) is 4.20. The van der Waals surface area contributed by atoms with E-state index in [-0.39, 0.29) is 6.04 Å². The summed E-state index contributed by atoms with van der Waals surface area (Å²) in [5.41, 5.74) is 5.54. The normalized spacial score (nSPS) is 13.7. The highest BCUT2D eigenvalue weighted by molar-refractivity contribution is 7.06. The summed E-state index contributed by atoms with van der Waals surface area (Å²) < 4.78 is 3.86. The minimum absolute atomic E-state index is 0.0509. The van der Waals surface area contributed by atoms with Gasteiger partial charge in [-0.1, -0.05) is 11.6 Å². The third-order valence-corrected chi connectivity index (χ3v) is 2.23. The van der Waals surface area contributed by atoms with Crippen molar-refractivity contribution in [3.63, 3.8) is 0 Å². The van der Waals surface area contributed by atoms with Crippen molar-refractivity contribution in [2.75, 3.05) is 0 Å². The second-order valence-electron chi connectivity index (χ2n) is 1.84. The summed E-state index contributed by atoms with van der Waals surface area (Å²) >= 11 is 6.90. The predicted molar refractivity (Wildman–Crippen MR) is 39.7 cm³/mol. The minimum Gasteiger partial charge on any atom is -0.323 e. The third-order valence-electron chi connectivity index (χ3n) is 0.948. The lowest BCUT2D eigenvalue weighted by molar-refractivity contribution is 0.838. The second-order valence-corrected chi connectivity index (χ2v) is 3.06. The molecule has 9 heavy (non-hydrogen) atoms. The molecule has 1 atom stereocenters. The van der Waals surface area contributed by atoms with Crippen molar-refractivity contribution >= 4 is 23.1 Å². The van der Waals surface area contributed by atoms with E-state index in [1.165, 1.54) is 11.5 Å². The van der Waals surface area contributed by atoms with Crippen LogP contribution in [0.4, 0.5) is 0 Å². The minimum atomic E-state index is 0.0509. The smallest absolute Gasteiger partial charge is 0.143 e. The van der Waals surface area contributed by atoms with Crippen LogP contribution in [0.5, 0.6) is 0 Å². The highest BCUT2D eigenvalue weighted by atomic mass is 35.5. The van der Waals surface area contributed by atoms with Crippen molar-refractivity contribution in [3.05, 3.63) is 16.1 Å². The lowest BCUT2D eigenvalue weighted by Crippen LogP contribution is -2.01. The predicted octanol–water partition coefficient (Wildman–Crippen LogP) is 1.82. The Morgan fingerprint density at radius 3 is 2.78 bits per heavy atom. The van der Waals surface area contributed by atoms with Gasteiger partial charge in [-0.05, 0) is 24.5 Å². The van der Waals surface area contributed by atoms with Gasteiger partial charge < -0.3 is 5.73 Å². The summed E-state index contributed by atoms with van der Waals surface area (Å²) in [6, 6.07) is 1.84. The maximum absolute atomic E-state index is 5.55. The molecule has 4 heteroatoms. The fourth-order valence-corrected chi connectivity index (χ4v) is 1.34. The van der Waals surface area contributed by atoms with Crippen LogP contribution in [0.2, 0.25) is 5.15 Å². The van der Waals surface area contributed by atoms with Crippen LogP contribution in [0, 0.1) is 0 Å². The highest BCUT2D eigenvalue weighted by Gasteiger charge is 2.02. The van der Waals surface area contributed by atoms with Crippen molar-refractivity contribution in [3.8, 4) is 0 Å². The number of halogens is 1. The van der Waals surface area contributed by atoms with Crippen molar-refractivity contribution in [1.29, 1.82) is 0 Å². The molecule has 1 aromatic rings. The molecule has 1 heterocycles. The first-order valence-corrected chi connectivity index (χ1v) is 3.73. The molecule has 0 fully saturated rings. The van der Waals surface area contributed by atoms with E-state index >= 15 is 0 Å². The van der Waals surface area contributed by atoms with E-state index in [0.717, 1.165) is 4.88 Å². The fourth-order valence-electron chi connectivity index (χ4n) is 0.481. The Morgan fingerprint density at radius 2 is 2.56 bits per heavy atom. The first kappa shape index (κ1) is 6.99. The number of aromatic nitrogens is 1. The molecule has 1 aromatic heterocycles. The Bertz CT molecular complexity index is 197. The molecule has 0 amide bonds. The zero-order valence-electron chi connectivity index (χ0n) is 4.97. The molecule has 0 aliphatic rings. The Balaban J connectivity index is 2.85. The van der Waals surface area contributed by atoms with E-state index in [9.17, 15) is 0 Å². The van der Waals surface area contributed by atoms with Gasteiger partial charge in [0.05, 0.1) is 0 Å². The van der Waals surface area contributed by atoms with Gasteiger partial charge in [-0.25, -0.2) is 0 Å². The summed E-state index contributed by atoms with van der Waals surface area (Å²) in [7, 11) is 0. The number of hydrogen-bond donors (Lipinski definition) is 1. The molecular formula is C5H7ClN2S. The molecular weight excluding hydrogens is 156 g/mol. The van der Waals surface area contributed by atoms with Gasteiger partial charge in [-0.15, -0.1) is 0 Å². The van der Waals surface area contributed by atoms with Crippen molar-refractivity contribution in [1.82, 2.24) is 4.37 Å². The van der Waals surface area contributed by atoms with E-state index in [1.807, 2.05) is 6.92 Å². The maximum atomic E-state index is 5.55. The summed E-state index contributed by atoms with van der Waals surface area (Å²) in [5.74, 6) is 0. The van der Waals surface area contributed by atoms with Crippen LogP contribution in [0.1, 0.15) is 17.8 Å². The van der Waals surface area contributed by atoms with Gasteiger partial charge in [0, 0.05) is 10.9 Å². The van der Waals surface area contributed by atoms with Crippen molar-refractivity contribution < 1.29 is 0 Å². The van der Waals surface area contributed by atoms with Gasteiger partial charge in [0.15, 0.2) is 0 Å². The summed E-state index contributed by atoms with van der Waals surface area (Å²) in [6.07, 6.45) is 0. The quantitative estimate of drug-likeness (QED) is 0.684. The zero-order valence-corrected chi connectivity index (χ0v) is 6.54. The molecule has 1 rings (SSSR count). The summed E-state index contributed by atoms with van der Waals surface area (Å²) in [6.45, 7) is 1.91. The van der Waals surface area contributed by atoms with Crippen LogP contribution < -0.4 is 5.73 Å². The van der Waals surface area contributed by atoms with Crippen LogP contribution in [-0.4, -0.2) is 4.37 Å². The van der Waals surface area contributed by atoms with Crippen LogP contribution in [-0.2, 0) is 0 Å². The SMILES string of the molecule is CC(N)c1cc(Cl)ns1. The third kappa shape index (κ3) is 1.64. The molecule has 2 N–H and O–H groups in total. The molecule has 0 aliphatic carbocycles. The van der Waals surface area contributed by atoms with E-state index in [0.29, 0.717) is 5.15 Å². The second kappa shape index (κ2) is 2.64. The van der Waals surface area contributed by atoms with Crippen molar-refractivity contribution in [2.45, 2.75) is 13.0 Å². The largest absolute Gasteiger partial charge is 0.323 e. The Kier molecular flexibility index (Phi) is 2.05. The molecule has 0 saturated heterocycles. The Labute approximate surface area is 62.8 Å². The Hall–Kier alpha value is -0.120. The highest BCUT2D eigenvalue weighted by Crippen LogP contribution is 2.19. The van der Waals surface area contributed by atoms with Crippen LogP contribution in [0.15, 0.2) is 6.07 Å². The fraction of sp³-hybridized carbons (Fsp3) is 0.400. The monoisotopic (exact) mass is 162 g/mol. The van der Waals surface area contributed by atoms with Gasteiger partial charge in [-0.2, -0.15) is 4.37 Å². The van der Waals surface area contributed by atoms with Crippen LogP contribution in [0.25, 0.3) is 0 Å². The molecule has 0 bridgehead atoms. The molecule has 0 aliphatic heterocycles. The summed E-state index contributed by atoms with van der Waals surface area (Å²) in [5, 5.41) is 0.535. The van der Waals surface area contributed by atoms with E-state index in [4.69, 9.17) is 17.3 Å². The van der Waals surface area contributed by atoms with Gasteiger partial charge in [0.2, 0.25) is 0 Å². The van der Waals surface area contributed by atoms with Crippen LogP contribution in [0.3, 0.4) is 0 Å². The number of rotatable bonds is 1. The number of nitrogens with zero attached hydrogens (tertiary/aromatic N) is 1. The lowest BCUT2D eigenvalue weighted by atomic mass is 10.3. The lowest BCUT2D eigenvalue weighted by Gasteiger charge is -1.95. The van der Waals surface area contributed by atoms with E-state index in [2.05, 4.69) is 4.37 Å². The van der Waals surface area contributed by atoms with Crippen molar-refractivity contribution in [2.24, 2.45) is 5.73 Å². The molecule has 0 spiro atoms. The van der Waals surface area contributed by atoms with Gasteiger partial charge in [-0.3, -0.25) is 0 Å².